The Morgan fingerprint density at radius 3 is 2.75 bits per heavy atom. The van der Waals surface area contributed by atoms with Crippen molar-refractivity contribution in [2.75, 3.05) is 38.5 Å². The molecule has 0 bridgehead atoms. The topological polar surface area (TPSA) is 47.6 Å². The van der Waals surface area contributed by atoms with E-state index in [0.717, 1.165) is 44.7 Å². The van der Waals surface area contributed by atoms with Gasteiger partial charge < -0.3 is 10.2 Å². The molecule has 1 atom stereocenters. The highest BCUT2D eigenvalue weighted by molar-refractivity contribution is 5.96. The Labute approximate surface area is 119 Å². The standard InChI is InChI=1S/C15H22N4O/c1-18-8-10-19(11-9-18)17-14-7-6-12-4-2-3-5-13(12)16-15(14)20/h2-5,14,17H,6-11H2,1H3,(H,16,20). The number of anilines is 1. The van der Waals surface area contributed by atoms with Gasteiger partial charge in [0.2, 0.25) is 5.91 Å². The fraction of sp³-hybridized carbons (Fsp3) is 0.533. The lowest BCUT2D eigenvalue weighted by atomic mass is 10.1. The highest BCUT2D eigenvalue weighted by atomic mass is 16.2. The number of benzene rings is 1. The van der Waals surface area contributed by atoms with Crippen molar-refractivity contribution in [2.24, 2.45) is 0 Å². The zero-order chi connectivity index (χ0) is 13.9. The zero-order valence-electron chi connectivity index (χ0n) is 11.9. The third kappa shape index (κ3) is 3.00. The van der Waals surface area contributed by atoms with Crippen molar-refractivity contribution in [3.63, 3.8) is 0 Å². The van der Waals surface area contributed by atoms with E-state index in [1.54, 1.807) is 0 Å². The van der Waals surface area contributed by atoms with Crippen molar-refractivity contribution in [1.82, 2.24) is 15.3 Å². The Bertz CT molecular complexity index is 483. The predicted octanol–water partition coefficient (Wildman–Crippen LogP) is 0.692. The highest BCUT2D eigenvalue weighted by Gasteiger charge is 2.26. The predicted molar refractivity (Wildman–Crippen MR) is 79.4 cm³/mol. The maximum Gasteiger partial charge on any atom is 0.242 e. The third-order valence-corrected chi connectivity index (χ3v) is 4.14. The van der Waals surface area contributed by atoms with Crippen LogP contribution in [0, 0.1) is 0 Å². The Balaban J connectivity index is 1.63. The van der Waals surface area contributed by atoms with Gasteiger partial charge in [0.1, 0.15) is 6.04 Å². The number of para-hydroxylation sites is 1. The van der Waals surface area contributed by atoms with Gasteiger partial charge in [-0.05, 0) is 31.5 Å². The van der Waals surface area contributed by atoms with Gasteiger partial charge in [0.05, 0.1) is 0 Å². The molecule has 2 heterocycles. The van der Waals surface area contributed by atoms with Crippen molar-refractivity contribution in [1.29, 1.82) is 0 Å². The lowest BCUT2D eigenvalue weighted by Gasteiger charge is -2.34. The van der Waals surface area contributed by atoms with E-state index in [1.165, 1.54) is 5.56 Å². The van der Waals surface area contributed by atoms with Crippen molar-refractivity contribution >= 4 is 11.6 Å². The first kappa shape index (κ1) is 13.5. The van der Waals surface area contributed by atoms with Crippen LogP contribution < -0.4 is 10.7 Å². The van der Waals surface area contributed by atoms with Crippen molar-refractivity contribution < 1.29 is 4.79 Å². The molecule has 0 radical (unpaired) electrons. The average Bonchev–Trinajstić information content (AvgIpc) is 2.61. The van der Waals surface area contributed by atoms with Crippen LogP contribution in [0.2, 0.25) is 0 Å². The number of piperazine rings is 1. The largest absolute Gasteiger partial charge is 0.324 e. The third-order valence-electron chi connectivity index (χ3n) is 4.14. The first-order chi connectivity index (χ1) is 9.72. The first-order valence-corrected chi connectivity index (χ1v) is 7.31. The van der Waals surface area contributed by atoms with Gasteiger partial charge in [0, 0.05) is 31.9 Å². The summed E-state index contributed by atoms with van der Waals surface area (Å²) in [6.45, 7) is 4.02. The number of aryl methyl sites for hydroxylation is 1. The number of carbonyl (C=O) groups excluding carboxylic acids is 1. The van der Waals surface area contributed by atoms with Crippen molar-refractivity contribution in [3.8, 4) is 0 Å². The van der Waals surface area contributed by atoms with E-state index in [1.807, 2.05) is 18.2 Å². The summed E-state index contributed by atoms with van der Waals surface area (Å²) in [6.07, 6.45) is 1.77. The molecular weight excluding hydrogens is 252 g/mol. The summed E-state index contributed by atoms with van der Waals surface area (Å²) in [5.74, 6) is 0.0777. The van der Waals surface area contributed by atoms with E-state index in [-0.39, 0.29) is 11.9 Å². The van der Waals surface area contributed by atoms with Gasteiger partial charge in [-0.25, -0.2) is 10.4 Å². The van der Waals surface area contributed by atoms with Gasteiger partial charge in [-0.3, -0.25) is 4.79 Å². The van der Waals surface area contributed by atoms with Crippen LogP contribution in [0.3, 0.4) is 0 Å². The number of hydrogen-bond donors (Lipinski definition) is 2. The SMILES string of the molecule is CN1CCN(NC2CCc3ccccc3NC2=O)CC1. The number of amides is 1. The van der Waals surface area contributed by atoms with Crippen LogP contribution in [0.4, 0.5) is 5.69 Å². The second kappa shape index (κ2) is 5.91. The Kier molecular flexibility index (Phi) is 4.00. The van der Waals surface area contributed by atoms with Crippen molar-refractivity contribution in [3.05, 3.63) is 29.8 Å². The van der Waals surface area contributed by atoms with Gasteiger partial charge in [-0.15, -0.1) is 0 Å². The molecule has 3 rings (SSSR count). The van der Waals surface area contributed by atoms with Crippen LogP contribution in [0.25, 0.3) is 0 Å². The Morgan fingerprint density at radius 2 is 1.95 bits per heavy atom. The second-order valence-electron chi connectivity index (χ2n) is 5.66. The molecule has 2 aliphatic rings. The summed E-state index contributed by atoms with van der Waals surface area (Å²) in [5, 5.41) is 5.21. The maximum atomic E-state index is 12.3. The molecule has 0 spiro atoms. The number of nitrogens with zero attached hydrogens (tertiary/aromatic N) is 2. The molecule has 20 heavy (non-hydrogen) atoms. The molecule has 0 saturated carbocycles. The van der Waals surface area contributed by atoms with Gasteiger partial charge in [0.25, 0.3) is 0 Å². The monoisotopic (exact) mass is 274 g/mol. The van der Waals surface area contributed by atoms with Gasteiger partial charge in [0.15, 0.2) is 0 Å². The van der Waals surface area contributed by atoms with Gasteiger partial charge >= 0.3 is 0 Å². The molecule has 0 aromatic heterocycles. The van der Waals surface area contributed by atoms with Crippen LogP contribution >= 0.6 is 0 Å². The molecular formula is C15H22N4O. The minimum atomic E-state index is -0.134. The number of hydrazine groups is 1. The van der Waals surface area contributed by atoms with E-state index >= 15 is 0 Å². The minimum absolute atomic E-state index is 0.0777. The van der Waals surface area contributed by atoms with Crippen LogP contribution in [-0.2, 0) is 11.2 Å². The first-order valence-electron chi connectivity index (χ1n) is 7.31. The molecule has 1 aromatic carbocycles. The van der Waals surface area contributed by atoms with E-state index in [4.69, 9.17) is 0 Å². The summed E-state index contributed by atoms with van der Waals surface area (Å²) < 4.78 is 0. The molecule has 1 unspecified atom stereocenters. The molecule has 5 nitrogen and oxygen atoms in total. The molecule has 2 aliphatic heterocycles. The quantitative estimate of drug-likeness (QED) is 0.833. The van der Waals surface area contributed by atoms with Crippen LogP contribution in [0.1, 0.15) is 12.0 Å². The van der Waals surface area contributed by atoms with E-state index in [2.05, 4.69) is 33.8 Å². The molecule has 5 heteroatoms. The summed E-state index contributed by atoms with van der Waals surface area (Å²) in [6, 6.07) is 7.93. The second-order valence-corrected chi connectivity index (χ2v) is 5.66. The molecule has 108 valence electrons. The van der Waals surface area contributed by atoms with Crippen LogP contribution in [0.15, 0.2) is 24.3 Å². The zero-order valence-corrected chi connectivity index (χ0v) is 11.9. The fourth-order valence-electron chi connectivity index (χ4n) is 2.79. The lowest BCUT2D eigenvalue weighted by Crippen LogP contribution is -2.56. The van der Waals surface area contributed by atoms with E-state index in [9.17, 15) is 4.79 Å². The average molecular weight is 274 g/mol. The highest BCUT2D eigenvalue weighted by Crippen LogP contribution is 2.21. The Hall–Kier alpha value is -1.43. The fourth-order valence-corrected chi connectivity index (χ4v) is 2.79. The molecule has 1 fully saturated rings. The summed E-state index contributed by atoms with van der Waals surface area (Å²) in [5.41, 5.74) is 5.58. The van der Waals surface area contributed by atoms with Crippen molar-refractivity contribution in [2.45, 2.75) is 18.9 Å². The van der Waals surface area contributed by atoms with Crippen LogP contribution in [0.5, 0.6) is 0 Å². The molecule has 2 N–H and O–H groups in total. The number of nitrogens with one attached hydrogen (secondary N) is 2. The molecule has 1 aromatic rings. The number of likely N-dealkylation sites (N-methyl/N-ethyl adjacent to an activating group) is 1. The summed E-state index contributed by atoms with van der Waals surface area (Å²) in [7, 11) is 2.13. The van der Waals surface area contributed by atoms with E-state index < -0.39 is 0 Å². The molecule has 1 saturated heterocycles. The lowest BCUT2D eigenvalue weighted by molar-refractivity contribution is -0.119. The van der Waals surface area contributed by atoms with Crippen LogP contribution in [-0.4, -0.2) is 55.1 Å². The minimum Gasteiger partial charge on any atom is -0.324 e. The number of rotatable bonds is 2. The number of carbonyl (C=O) groups is 1. The normalized spacial score (nSPS) is 24.9. The Morgan fingerprint density at radius 1 is 1.20 bits per heavy atom. The summed E-state index contributed by atoms with van der Waals surface area (Å²) in [4.78, 5) is 14.6. The molecule has 0 aliphatic carbocycles. The molecule has 1 amide bonds. The van der Waals surface area contributed by atoms with Gasteiger partial charge in [-0.2, -0.15) is 0 Å². The maximum absolute atomic E-state index is 12.3. The van der Waals surface area contributed by atoms with E-state index in [0.29, 0.717) is 0 Å². The number of fused-ring (bicyclic) bond motifs is 1. The smallest absolute Gasteiger partial charge is 0.242 e. The summed E-state index contributed by atoms with van der Waals surface area (Å²) >= 11 is 0. The number of hydrogen-bond acceptors (Lipinski definition) is 4. The van der Waals surface area contributed by atoms with Gasteiger partial charge in [-0.1, -0.05) is 18.2 Å².